The molecule has 0 saturated carbocycles. The Morgan fingerprint density at radius 1 is 1.10 bits per heavy atom. The van der Waals surface area contributed by atoms with Gasteiger partial charge in [0.05, 0.1) is 5.69 Å². The SMILES string of the molecule is Cc1cccc(CNc2cccc(-n3cnnn3)c2)c1. The van der Waals surface area contributed by atoms with Crippen LogP contribution in [0.3, 0.4) is 0 Å². The van der Waals surface area contributed by atoms with Crippen LogP contribution < -0.4 is 5.32 Å². The predicted molar refractivity (Wildman–Crippen MR) is 77.7 cm³/mol. The summed E-state index contributed by atoms with van der Waals surface area (Å²) in [5, 5.41) is 14.6. The fraction of sp³-hybridized carbons (Fsp3) is 0.133. The molecule has 100 valence electrons. The largest absolute Gasteiger partial charge is 0.381 e. The highest BCUT2D eigenvalue weighted by Gasteiger charge is 2.00. The zero-order valence-corrected chi connectivity index (χ0v) is 11.2. The van der Waals surface area contributed by atoms with Crippen molar-refractivity contribution in [3.63, 3.8) is 0 Å². The molecular formula is C15H15N5. The second kappa shape index (κ2) is 5.52. The van der Waals surface area contributed by atoms with Crippen LogP contribution in [-0.2, 0) is 6.54 Å². The van der Waals surface area contributed by atoms with Gasteiger partial charge in [-0.3, -0.25) is 0 Å². The summed E-state index contributed by atoms with van der Waals surface area (Å²) in [5.74, 6) is 0. The smallest absolute Gasteiger partial charge is 0.143 e. The summed E-state index contributed by atoms with van der Waals surface area (Å²) in [5.41, 5.74) is 4.51. The summed E-state index contributed by atoms with van der Waals surface area (Å²) >= 11 is 0. The minimum atomic E-state index is 0.792. The lowest BCUT2D eigenvalue weighted by Crippen LogP contribution is -2.01. The van der Waals surface area contributed by atoms with Crippen LogP contribution in [0.15, 0.2) is 54.9 Å². The molecule has 2 aromatic carbocycles. The number of nitrogens with one attached hydrogen (secondary N) is 1. The molecule has 1 aromatic heterocycles. The van der Waals surface area contributed by atoms with Gasteiger partial charge in [0.2, 0.25) is 0 Å². The molecule has 0 unspecified atom stereocenters. The number of aromatic nitrogens is 4. The fourth-order valence-corrected chi connectivity index (χ4v) is 2.06. The number of hydrogen-bond donors (Lipinski definition) is 1. The molecule has 1 N–H and O–H groups in total. The monoisotopic (exact) mass is 265 g/mol. The van der Waals surface area contributed by atoms with Gasteiger partial charge in [0, 0.05) is 12.2 Å². The molecule has 0 atom stereocenters. The van der Waals surface area contributed by atoms with Crippen molar-refractivity contribution in [2.45, 2.75) is 13.5 Å². The number of hydrogen-bond acceptors (Lipinski definition) is 4. The average molecular weight is 265 g/mol. The van der Waals surface area contributed by atoms with Gasteiger partial charge in [0.25, 0.3) is 0 Å². The summed E-state index contributed by atoms with van der Waals surface area (Å²) in [4.78, 5) is 0. The van der Waals surface area contributed by atoms with Crippen LogP contribution in [0.2, 0.25) is 0 Å². The van der Waals surface area contributed by atoms with Crippen molar-refractivity contribution in [1.29, 1.82) is 0 Å². The maximum absolute atomic E-state index is 3.89. The molecule has 0 saturated heterocycles. The number of nitrogens with zero attached hydrogens (tertiary/aromatic N) is 4. The molecule has 0 amide bonds. The molecule has 20 heavy (non-hydrogen) atoms. The number of benzene rings is 2. The molecule has 0 aliphatic carbocycles. The quantitative estimate of drug-likeness (QED) is 0.787. The third-order valence-electron chi connectivity index (χ3n) is 3.04. The van der Waals surface area contributed by atoms with Crippen LogP contribution in [0.25, 0.3) is 5.69 Å². The molecule has 1 heterocycles. The molecule has 3 rings (SSSR count). The summed E-state index contributed by atoms with van der Waals surface area (Å²) in [7, 11) is 0. The van der Waals surface area contributed by atoms with Crippen LogP contribution in [0.5, 0.6) is 0 Å². The predicted octanol–water partition coefficient (Wildman–Crippen LogP) is 2.58. The van der Waals surface area contributed by atoms with E-state index in [1.807, 2.05) is 24.3 Å². The lowest BCUT2D eigenvalue weighted by Gasteiger charge is -2.08. The molecule has 0 bridgehead atoms. The Kier molecular flexibility index (Phi) is 3.41. The van der Waals surface area contributed by atoms with Gasteiger partial charge >= 0.3 is 0 Å². The minimum absolute atomic E-state index is 0.792. The van der Waals surface area contributed by atoms with Crippen LogP contribution in [0, 0.1) is 6.92 Å². The van der Waals surface area contributed by atoms with Gasteiger partial charge in [0.1, 0.15) is 6.33 Å². The van der Waals surface area contributed by atoms with E-state index in [0.29, 0.717) is 0 Å². The standard InChI is InChI=1S/C15H15N5/c1-12-4-2-5-13(8-12)10-16-14-6-3-7-15(9-14)20-11-17-18-19-20/h2-9,11,16H,10H2,1H3. The Balaban J connectivity index is 1.73. The maximum atomic E-state index is 3.89. The van der Waals surface area contributed by atoms with E-state index in [0.717, 1.165) is 17.9 Å². The Bertz CT molecular complexity index is 691. The fourth-order valence-electron chi connectivity index (χ4n) is 2.06. The lowest BCUT2D eigenvalue weighted by molar-refractivity contribution is 0.789. The summed E-state index contributed by atoms with van der Waals surface area (Å²) in [6, 6.07) is 16.5. The maximum Gasteiger partial charge on any atom is 0.143 e. The number of tetrazole rings is 1. The number of rotatable bonds is 4. The lowest BCUT2D eigenvalue weighted by atomic mass is 10.1. The highest BCUT2D eigenvalue weighted by Crippen LogP contribution is 2.14. The van der Waals surface area contributed by atoms with Gasteiger partial charge in [-0.2, -0.15) is 0 Å². The van der Waals surface area contributed by atoms with Crippen LogP contribution >= 0.6 is 0 Å². The molecule has 0 aliphatic heterocycles. The Morgan fingerprint density at radius 3 is 2.80 bits per heavy atom. The zero-order chi connectivity index (χ0) is 13.8. The highest BCUT2D eigenvalue weighted by molar-refractivity contribution is 5.51. The van der Waals surface area contributed by atoms with Crippen molar-refractivity contribution in [1.82, 2.24) is 20.2 Å². The zero-order valence-electron chi connectivity index (χ0n) is 11.2. The topological polar surface area (TPSA) is 55.6 Å². The van der Waals surface area contributed by atoms with Crippen LogP contribution in [0.1, 0.15) is 11.1 Å². The summed E-state index contributed by atoms with van der Waals surface area (Å²) in [6.45, 7) is 2.89. The second-order valence-electron chi connectivity index (χ2n) is 4.65. The van der Waals surface area contributed by atoms with Gasteiger partial charge in [-0.1, -0.05) is 35.9 Å². The van der Waals surface area contributed by atoms with E-state index in [4.69, 9.17) is 0 Å². The van der Waals surface area contributed by atoms with E-state index in [1.54, 1.807) is 11.0 Å². The molecule has 3 aromatic rings. The summed E-state index contributed by atoms with van der Waals surface area (Å²) in [6.07, 6.45) is 1.58. The molecule has 0 fully saturated rings. The molecule has 5 nitrogen and oxygen atoms in total. The first-order valence-electron chi connectivity index (χ1n) is 6.44. The van der Waals surface area contributed by atoms with Crippen molar-refractivity contribution >= 4 is 5.69 Å². The second-order valence-corrected chi connectivity index (χ2v) is 4.65. The molecular weight excluding hydrogens is 250 g/mol. The minimum Gasteiger partial charge on any atom is -0.381 e. The van der Waals surface area contributed by atoms with Gasteiger partial charge in [-0.25, -0.2) is 4.68 Å². The average Bonchev–Trinajstić information content (AvgIpc) is 3.00. The molecule has 0 aliphatic rings. The van der Waals surface area contributed by atoms with E-state index in [-0.39, 0.29) is 0 Å². The van der Waals surface area contributed by atoms with Crippen molar-refractivity contribution in [2.75, 3.05) is 5.32 Å². The normalized spacial score (nSPS) is 10.4. The number of anilines is 1. The van der Waals surface area contributed by atoms with E-state index >= 15 is 0 Å². The third kappa shape index (κ3) is 2.83. The first-order chi connectivity index (χ1) is 9.81. The first-order valence-corrected chi connectivity index (χ1v) is 6.44. The Hall–Kier alpha value is -2.69. The van der Waals surface area contributed by atoms with E-state index in [2.05, 4.69) is 52.0 Å². The third-order valence-corrected chi connectivity index (χ3v) is 3.04. The molecule has 0 spiro atoms. The van der Waals surface area contributed by atoms with Crippen molar-refractivity contribution < 1.29 is 0 Å². The molecule has 0 radical (unpaired) electrons. The Labute approximate surface area is 117 Å². The van der Waals surface area contributed by atoms with Crippen molar-refractivity contribution in [3.8, 4) is 5.69 Å². The van der Waals surface area contributed by atoms with E-state index < -0.39 is 0 Å². The van der Waals surface area contributed by atoms with E-state index in [9.17, 15) is 0 Å². The Morgan fingerprint density at radius 2 is 2.00 bits per heavy atom. The van der Waals surface area contributed by atoms with Gasteiger partial charge in [0.15, 0.2) is 0 Å². The van der Waals surface area contributed by atoms with Crippen molar-refractivity contribution in [3.05, 3.63) is 66.0 Å². The van der Waals surface area contributed by atoms with E-state index in [1.165, 1.54) is 11.1 Å². The van der Waals surface area contributed by atoms with Gasteiger partial charge in [-0.05, 0) is 41.1 Å². The summed E-state index contributed by atoms with van der Waals surface area (Å²) < 4.78 is 1.64. The number of aryl methyl sites for hydroxylation is 1. The van der Waals surface area contributed by atoms with Crippen LogP contribution in [0.4, 0.5) is 5.69 Å². The van der Waals surface area contributed by atoms with Gasteiger partial charge < -0.3 is 5.32 Å². The highest BCUT2D eigenvalue weighted by atomic mass is 15.5. The van der Waals surface area contributed by atoms with Crippen LogP contribution in [-0.4, -0.2) is 20.2 Å². The van der Waals surface area contributed by atoms with Gasteiger partial charge in [-0.15, -0.1) is 5.10 Å². The van der Waals surface area contributed by atoms with Crippen molar-refractivity contribution in [2.24, 2.45) is 0 Å². The first kappa shape index (κ1) is 12.3. The molecule has 5 heteroatoms.